The largest absolute Gasteiger partial charge is 0.452 e. The highest BCUT2D eigenvalue weighted by Gasteiger charge is 2.41. The number of ether oxygens (including phenoxy) is 1. The molecule has 0 saturated carbocycles. The van der Waals surface area contributed by atoms with Gasteiger partial charge >= 0.3 is 0 Å². The average molecular weight is 457 g/mol. The molecular weight excluding hydrogens is 432 g/mol. The number of likely N-dealkylation sites (tertiary alicyclic amines) is 1. The minimum absolute atomic E-state index is 0.0420. The van der Waals surface area contributed by atoms with Crippen LogP contribution in [0.1, 0.15) is 36.3 Å². The van der Waals surface area contributed by atoms with Crippen LogP contribution in [0, 0.1) is 0 Å². The third kappa shape index (κ3) is 3.55. The van der Waals surface area contributed by atoms with Crippen LogP contribution in [-0.2, 0) is 10.3 Å². The number of fused-ring (bicyclic) bond motifs is 3. The fourth-order valence-electron chi connectivity index (χ4n) is 4.71. The molecule has 2 bridgehead atoms. The maximum atomic E-state index is 12.9. The van der Waals surface area contributed by atoms with Crippen molar-refractivity contribution in [2.24, 2.45) is 0 Å². The number of carbonyl (C=O) groups excluding carboxylic acids is 1. The number of carbonyl (C=O) groups is 1. The van der Waals surface area contributed by atoms with Gasteiger partial charge in [0.15, 0.2) is 5.58 Å². The molecule has 5 heterocycles. The van der Waals surface area contributed by atoms with Crippen LogP contribution < -0.4 is 0 Å². The topological polar surface area (TPSA) is 102 Å². The van der Waals surface area contributed by atoms with E-state index in [2.05, 4.69) is 15.0 Å². The molecule has 8 nitrogen and oxygen atoms in total. The number of rotatable bonds is 4. The first-order valence-corrected chi connectivity index (χ1v) is 11.3. The number of furan rings is 1. The Bertz CT molecular complexity index is 1390. The van der Waals surface area contributed by atoms with Gasteiger partial charge < -0.3 is 19.2 Å². The van der Waals surface area contributed by atoms with E-state index < -0.39 is 5.60 Å². The molecule has 2 aliphatic rings. The number of amides is 1. The van der Waals surface area contributed by atoms with Crippen LogP contribution >= 0.6 is 0 Å². The molecule has 0 aliphatic carbocycles. The van der Waals surface area contributed by atoms with E-state index in [-0.39, 0.29) is 18.1 Å². The van der Waals surface area contributed by atoms with Crippen molar-refractivity contribution in [3.05, 3.63) is 66.2 Å². The minimum atomic E-state index is -1.07. The lowest BCUT2D eigenvalue weighted by atomic mass is 10.0. The summed E-state index contributed by atoms with van der Waals surface area (Å²) in [4.78, 5) is 27.9. The van der Waals surface area contributed by atoms with Crippen molar-refractivity contribution in [2.75, 3.05) is 13.2 Å². The Morgan fingerprint density at radius 3 is 2.62 bits per heavy atom. The summed E-state index contributed by atoms with van der Waals surface area (Å²) in [7, 11) is 0. The molecule has 1 amide bonds. The molecule has 0 radical (unpaired) electrons. The van der Waals surface area contributed by atoms with Gasteiger partial charge in [-0.3, -0.25) is 9.78 Å². The Kier molecular flexibility index (Phi) is 4.75. The zero-order valence-electron chi connectivity index (χ0n) is 18.9. The molecule has 172 valence electrons. The van der Waals surface area contributed by atoms with Crippen molar-refractivity contribution in [3.63, 3.8) is 0 Å². The molecule has 1 N–H and O–H groups in total. The lowest BCUT2D eigenvalue weighted by Crippen LogP contribution is -2.41. The molecule has 4 aromatic rings. The molecule has 2 saturated heterocycles. The number of morpholine rings is 1. The highest BCUT2D eigenvalue weighted by molar-refractivity contribution is 5.95. The number of nitrogens with zero attached hydrogens (tertiary/aromatic N) is 4. The number of hydrogen-bond acceptors (Lipinski definition) is 7. The molecule has 34 heavy (non-hydrogen) atoms. The monoisotopic (exact) mass is 456 g/mol. The maximum absolute atomic E-state index is 12.9. The standard InChI is InChI=1S/C26H24N4O4/c1-26(2,32)22-9-17(7-8-27-22)23-24-20(28-14-29-23)11-21(34-24)15-3-5-16(6-4-15)25(31)30-12-19-10-18(30)13-33-19/h3-9,11,14,18-19,32H,10,12-13H2,1-2H3/t18-,19-/m0/s1. The van der Waals surface area contributed by atoms with E-state index >= 15 is 0 Å². The highest BCUT2D eigenvalue weighted by Crippen LogP contribution is 2.34. The van der Waals surface area contributed by atoms with E-state index in [0.717, 1.165) is 17.5 Å². The zero-order valence-corrected chi connectivity index (χ0v) is 18.9. The molecule has 6 rings (SSSR count). The summed E-state index contributed by atoms with van der Waals surface area (Å²) in [5.41, 5.74) is 3.61. The predicted molar refractivity (Wildman–Crippen MR) is 125 cm³/mol. The van der Waals surface area contributed by atoms with Crippen LogP contribution in [0.4, 0.5) is 0 Å². The molecule has 1 aromatic carbocycles. The second kappa shape index (κ2) is 7.72. The summed E-state index contributed by atoms with van der Waals surface area (Å²) in [6.07, 6.45) is 4.25. The lowest BCUT2D eigenvalue weighted by molar-refractivity contribution is 0.0259. The SMILES string of the molecule is CC(C)(O)c1cc(-c2ncnc3cc(-c4ccc(C(=O)N5C[C@@H]6C[C@H]5CO6)cc4)oc23)ccn1. The number of benzene rings is 1. The second-order valence-corrected chi connectivity index (χ2v) is 9.42. The van der Waals surface area contributed by atoms with Crippen molar-refractivity contribution >= 4 is 17.0 Å². The number of aliphatic hydroxyl groups is 1. The summed E-state index contributed by atoms with van der Waals surface area (Å²) in [6, 6.07) is 13.1. The predicted octanol–water partition coefficient (Wildman–Crippen LogP) is 3.79. The van der Waals surface area contributed by atoms with E-state index in [9.17, 15) is 9.90 Å². The maximum Gasteiger partial charge on any atom is 0.254 e. The Hall–Kier alpha value is -3.62. The van der Waals surface area contributed by atoms with Gasteiger partial charge in [0.1, 0.15) is 28.9 Å². The lowest BCUT2D eigenvalue weighted by Gasteiger charge is -2.26. The van der Waals surface area contributed by atoms with Crippen LogP contribution in [0.25, 0.3) is 33.7 Å². The van der Waals surface area contributed by atoms with Crippen LogP contribution in [0.2, 0.25) is 0 Å². The zero-order chi connectivity index (χ0) is 23.4. The molecule has 2 atom stereocenters. The van der Waals surface area contributed by atoms with Crippen molar-refractivity contribution in [3.8, 4) is 22.6 Å². The van der Waals surface area contributed by atoms with Gasteiger partial charge in [0.2, 0.25) is 0 Å². The summed E-state index contributed by atoms with van der Waals surface area (Å²) < 4.78 is 11.8. The summed E-state index contributed by atoms with van der Waals surface area (Å²) >= 11 is 0. The summed E-state index contributed by atoms with van der Waals surface area (Å²) in [5.74, 6) is 0.682. The normalized spacial score (nSPS) is 19.8. The first kappa shape index (κ1) is 20.9. The van der Waals surface area contributed by atoms with Crippen molar-refractivity contribution in [1.82, 2.24) is 19.9 Å². The van der Waals surface area contributed by atoms with Crippen LogP contribution in [0.15, 0.2) is 59.4 Å². The van der Waals surface area contributed by atoms with E-state index in [4.69, 9.17) is 9.15 Å². The van der Waals surface area contributed by atoms with Gasteiger partial charge in [-0.15, -0.1) is 0 Å². The molecule has 0 spiro atoms. The second-order valence-electron chi connectivity index (χ2n) is 9.42. The summed E-state index contributed by atoms with van der Waals surface area (Å²) in [6.45, 7) is 4.68. The highest BCUT2D eigenvalue weighted by atomic mass is 16.5. The van der Waals surface area contributed by atoms with Gasteiger partial charge in [-0.05, 0) is 44.5 Å². The van der Waals surface area contributed by atoms with Crippen molar-refractivity contribution in [1.29, 1.82) is 0 Å². The van der Waals surface area contributed by atoms with E-state index in [1.807, 2.05) is 41.3 Å². The molecule has 2 aliphatic heterocycles. The third-order valence-electron chi connectivity index (χ3n) is 6.55. The molecule has 8 heteroatoms. The average Bonchev–Trinajstić information content (AvgIpc) is 3.58. The first-order valence-electron chi connectivity index (χ1n) is 11.3. The minimum Gasteiger partial charge on any atom is -0.452 e. The Morgan fingerprint density at radius 2 is 1.91 bits per heavy atom. The molecule has 0 unspecified atom stereocenters. The van der Waals surface area contributed by atoms with Gasteiger partial charge in [0.25, 0.3) is 5.91 Å². The molecule has 3 aromatic heterocycles. The number of pyridine rings is 1. The van der Waals surface area contributed by atoms with E-state index in [1.165, 1.54) is 6.33 Å². The Labute approximate surface area is 196 Å². The van der Waals surface area contributed by atoms with Gasteiger partial charge in [0.05, 0.1) is 24.4 Å². The van der Waals surface area contributed by atoms with Gasteiger partial charge in [0, 0.05) is 35.5 Å². The Balaban J connectivity index is 1.31. The van der Waals surface area contributed by atoms with Crippen LogP contribution in [0.3, 0.4) is 0 Å². The Morgan fingerprint density at radius 1 is 1.09 bits per heavy atom. The van der Waals surface area contributed by atoms with Gasteiger partial charge in [-0.2, -0.15) is 0 Å². The fraction of sp³-hybridized carbons (Fsp3) is 0.308. The van der Waals surface area contributed by atoms with Crippen molar-refractivity contribution < 1.29 is 19.1 Å². The molecule has 2 fully saturated rings. The number of aromatic nitrogens is 3. The van der Waals surface area contributed by atoms with Crippen LogP contribution in [0.5, 0.6) is 0 Å². The number of hydrogen-bond donors (Lipinski definition) is 1. The van der Waals surface area contributed by atoms with E-state index in [1.54, 1.807) is 26.1 Å². The smallest absolute Gasteiger partial charge is 0.254 e. The third-order valence-corrected chi connectivity index (χ3v) is 6.55. The van der Waals surface area contributed by atoms with E-state index in [0.29, 0.717) is 47.0 Å². The quantitative estimate of drug-likeness (QED) is 0.498. The van der Waals surface area contributed by atoms with Gasteiger partial charge in [-0.1, -0.05) is 12.1 Å². The summed E-state index contributed by atoms with van der Waals surface area (Å²) in [5, 5.41) is 10.3. The first-order chi connectivity index (χ1) is 16.4. The fourth-order valence-corrected chi connectivity index (χ4v) is 4.71. The molecular formula is C26H24N4O4. The van der Waals surface area contributed by atoms with Crippen molar-refractivity contribution in [2.45, 2.75) is 38.0 Å². The van der Waals surface area contributed by atoms with Gasteiger partial charge in [-0.25, -0.2) is 9.97 Å². The van der Waals surface area contributed by atoms with Crippen LogP contribution in [-0.4, -0.2) is 56.2 Å².